The molecule has 1 aliphatic heterocycles. The maximum absolute atomic E-state index is 10.3. The molecular weight excluding hydrogens is 496 g/mol. The second kappa shape index (κ2) is 11.9. The molecule has 12 nitrogen and oxygen atoms in total. The third-order valence-corrected chi connectivity index (χ3v) is 6.34. The summed E-state index contributed by atoms with van der Waals surface area (Å²) in [6.07, 6.45) is 2.46. The highest BCUT2D eigenvalue weighted by Gasteiger charge is 2.40. The summed E-state index contributed by atoms with van der Waals surface area (Å²) < 4.78 is 7.52. The molecule has 38 heavy (non-hydrogen) atoms. The van der Waals surface area contributed by atoms with Crippen LogP contribution < -0.4 is 4.74 Å². The number of nitrogens with one attached hydrogen (secondary N) is 1. The summed E-state index contributed by atoms with van der Waals surface area (Å²) in [5.41, 5.74) is 3.65. The number of hydrogen-bond donors (Lipinski definition) is 5. The fourth-order valence-corrected chi connectivity index (χ4v) is 4.39. The number of carbonyl (C=O) groups is 3. The topological polar surface area (TPSA) is 178 Å². The summed E-state index contributed by atoms with van der Waals surface area (Å²) in [6.45, 7) is 11.5. The van der Waals surface area contributed by atoms with E-state index in [1.807, 2.05) is 23.9 Å². The lowest BCUT2D eigenvalue weighted by Crippen LogP contribution is -2.42. The van der Waals surface area contributed by atoms with Gasteiger partial charge in [-0.15, -0.1) is 0 Å². The molecule has 5 N–H and O–H groups in total. The van der Waals surface area contributed by atoms with E-state index in [2.05, 4.69) is 40.6 Å². The van der Waals surface area contributed by atoms with Crippen molar-refractivity contribution in [3.8, 4) is 5.75 Å². The Hall–Kier alpha value is -4.16. The van der Waals surface area contributed by atoms with E-state index >= 15 is 0 Å². The van der Waals surface area contributed by atoms with Gasteiger partial charge < -0.3 is 30.1 Å². The minimum absolute atomic E-state index is 0.691. The zero-order valence-electron chi connectivity index (χ0n) is 21.3. The van der Waals surface area contributed by atoms with Crippen molar-refractivity contribution in [2.45, 2.75) is 51.8 Å². The van der Waals surface area contributed by atoms with Crippen LogP contribution in [-0.4, -0.2) is 76.8 Å². The molecule has 4 rings (SSSR count). The summed E-state index contributed by atoms with van der Waals surface area (Å²) in [7, 11) is 0. The Morgan fingerprint density at radius 2 is 1.89 bits per heavy atom. The van der Waals surface area contributed by atoms with Gasteiger partial charge in [0, 0.05) is 60.1 Å². The fraction of sp³-hybridized carbons (Fsp3) is 0.385. The van der Waals surface area contributed by atoms with Crippen LogP contribution in [0.5, 0.6) is 5.75 Å². The fourth-order valence-electron chi connectivity index (χ4n) is 4.39. The Balaban J connectivity index is 0.000000263. The van der Waals surface area contributed by atoms with Crippen LogP contribution in [0.15, 0.2) is 31.0 Å². The van der Waals surface area contributed by atoms with Crippen molar-refractivity contribution >= 4 is 35.0 Å². The Morgan fingerprint density at radius 3 is 2.45 bits per heavy atom. The number of carboxylic acid groups (broad SMARTS) is 3. The van der Waals surface area contributed by atoms with Crippen LogP contribution in [-0.2, 0) is 33.9 Å². The molecule has 0 aliphatic carbocycles. The molecule has 1 aromatic carbocycles. The van der Waals surface area contributed by atoms with E-state index in [9.17, 15) is 14.4 Å². The second-order valence-corrected chi connectivity index (χ2v) is 9.04. The van der Waals surface area contributed by atoms with Gasteiger partial charge in [0.15, 0.2) is 5.60 Å². The Bertz CT molecular complexity index is 1330. The van der Waals surface area contributed by atoms with Crippen LogP contribution in [0, 0.1) is 6.92 Å². The molecule has 2 aromatic heterocycles. The van der Waals surface area contributed by atoms with Crippen molar-refractivity contribution in [2.75, 3.05) is 13.2 Å². The van der Waals surface area contributed by atoms with E-state index < -0.39 is 36.4 Å². The molecule has 0 atom stereocenters. The molecule has 0 unspecified atom stereocenters. The predicted molar refractivity (Wildman–Crippen MR) is 138 cm³/mol. The van der Waals surface area contributed by atoms with Gasteiger partial charge in [0.05, 0.1) is 25.6 Å². The number of benzene rings is 1. The van der Waals surface area contributed by atoms with Gasteiger partial charge in [0.25, 0.3) is 0 Å². The van der Waals surface area contributed by atoms with Gasteiger partial charge in [-0.2, -0.15) is 5.10 Å². The van der Waals surface area contributed by atoms with Crippen molar-refractivity contribution < 1.29 is 39.5 Å². The van der Waals surface area contributed by atoms with Gasteiger partial charge in [-0.1, -0.05) is 6.58 Å². The zero-order chi connectivity index (χ0) is 28.0. The summed E-state index contributed by atoms with van der Waals surface area (Å²) in [5, 5.41) is 39.5. The molecule has 0 saturated heterocycles. The first-order valence-electron chi connectivity index (χ1n) is 12.0. The number of nitrogens with zero attached hydrogens (tertiary/aromatic N) is 3. The number of aliphatic carboxylic acids is 3. The normalized spacial score (nSPS) is 13.3. The average Bonchev–Trinajstić information content (AvgIpc) is 3.38. The molecule has 1 aliphatic rings. The van der Waals surface area contributed by atoms with Crippen LogP contribution in [0.25, 0.3) is 17.1 Å². The van der Waals surface area contributed by atoms with E-state index in [1.165, 1.54) is 33.4 Å². The molecule has 0 radical (unpaired) electrons. The van der Waals surface area contributed by atoms with Crippen molar-refractivity contribution in [3.05, 3.63) is 53.5 Å². The molecular formula is C26H32N4O8. The Kier molecular flexibility index (Phi) is 8.92. The first-order chi connectivity index (χ1) is 18.0. The maximum atomic E-state index is 10.3. The van der Waals surface area contributed by atoms with E-state index in [0.717, 1.165) is 31.8 Å². The third kappa shape index (κ3) is 6.58. The van der Waals surface area contributed by atoms with Crippen LogP contribution >= 0.6 is 0 Å². The first kappa shape index (κ1) is 28.4. The minimum Gasteiger partial charge on any atom is -0.494 e. The van der Waals surface area contributed by atoms with Gasteiger partial charge >= 0.3 is 17.9 Å². The van der Waals surface area contributed by atoms with Crippen LogP contribution in [0.3, 0.4) is 0 Å². The number of H-pyrrole nitrogens is 1. The SMILES string of the molecule is C=Cn1ncc(CN2CCc3[nH]c4ccc(OCC)cc4c3C2)c1C.O=C(O)CC(O)(CC(=O)O)C(=O)O. The van der Waals surface area contributed by atoms with Crippen molar-refractivity contribution in [1.82, 2.24) is 19.7 Å². The number of aliphatic hydroxyl groups is 1. The minimum atomic E-state index is -2.74. The van der Waals surface area contributed by atoms with Crippen molar-refractivity contribution in [2.24, 2.45) is 0 Å². The Morgan fingerprint density at radius 1 is 1.21 bits per heavy atom. The number of aromatic amines is 1. The molecule has 0 amide bonds. The molecule has 0 saturated carbocycles. The number of carboxylic acids is 3. The molecule has 3 aromatic rings. The highest BCUT2D eigenvalue weighted by atomic mass is 16.5. The summed E-state index contributed by atoms with van der Waals surface area (Å²) in [6, 6.07) is 6.33. The predicted octanol–water partition coefficient (Wildman–Crippen LogP) is 2.48. The van der Waals surface area contributed by atoms with Gasteiger partial charge in [0.1, 0.15) is 5.75 Å². The highest BCUT2D eigenvalue weighted by molar-refractivity contribution is 5.88. The monoisotopic (exact) mass is 528 g/mol. The van der Waals surface area contributed by atoms with Gasteiger partial charge in [-0.05, 0) is 37.6 Å². The summed E-state index contributed by atoms with van der Waals surface area (Å²) in [4.78, 5) is 36.6. The maximum Gasteiger partial charge on any atom is 0.336 e. The molecule has 204 valence electrons. The third-order valence-electron chi connectivity index (χ3n) is 6.34. The lowest BCUT2D eigenvalue weighted by Gasteiger charge is -2.27. The molecule has 3 heterocycles. The number of aromatic nitrogens is 3. The summed E-state index contributed by atoms with van der Waals surface area (Å²) >= 11 is 0. The van der Waals surface area contributed by atoms with E-state index in [0.29, 0.717) is 6.61 Å². The molecule has 0 bridgehead atoms. The smallest absolute Gasteiger partial charge is 0.336 e. The first-order valence-corrected chi connectivity index (χ1v) is 12.0. The Labute approximate surface area is 218 Å². The number of fused-ring (bicyclic) bond motifs is 3. The highest BCUT2D eigenvalue weighted by Crippen LogP contribution is 2.31. The molecule has 0 fully saturated rings. The molecule has 0 spiro atoms. The standard InChI is InChI=1S/C20H24N4O.C6H8O7/c1-4-24-14(3)15(11-21-24)12-23-9-8-20-18(13-23)17-10-16(25-5-2)6-7-19(17)22-20;7-3(8)1-6(13,5(11)12)2-4(9)10/h4,6-7,10-11,22H,1,5,8-9,12-13H2,2-3H3;13H,1-2H2,(H,7,8)(H,9,10)(H,11,12). The quantitative estimate of drug-likeness (QED) is 0.262. The summed E-state index contributed by atoms with van der Waals surface area (Å²) in [5.74, 6) is -4.08. The van der Waals surface area contributed by atoms with E-state index in [-0.39, 0.29) is 0 Å². The van der Waals surface area contributed by atoms with Crippen molar-refractivity contribution in [3.63, 3.8) is 0 Å². The zero-order valence-corrected chi connectivity index (χ0v) is 21.3. The molecule has 12 heteroatoms. The van der Waals surface area contributed by atoms with Gasteiger partial charge in [0.2, 0.25) is 0 Å². The van der Waals surface area contributed by atoms with Gasteiger partial charge in [-0.3, -0.25) is 14.5 Å². The van der Waals surface area contributed by atoms with E-state index in [4.69, 9.17) is 25.2 Å². The number of hydrogen-bond acceptors (Lipinski definition) is 7. The van der Waals surface area contributed by atoms with Crippen LogP contribution in [0.2, 0.25) is 0 Å². The average molecular weight is 529 g/mol. The van der Waals surface area contributed by atoms with E-state index in [1.54, 1.807) is 6.20 Å². The van der Waals surface area contributed by atoms with Crippen LogP contribution in [0.1, 0.15) is 42.3 Å². The van der Waals surface area contributed by atoms with Crippen LogP contribution in [0.4, 0.5) is 0 Å². The second-order valence-electron chi connectivity index (χ2n) is 9.04. The van der Waals surface area contributed by atoms with Gasteiger partial charge in [-0.25, -0.2) is 9.48 Å². The lowest BCUT2D eigenvalue weighted by atomic mass is 9.96. The largest absolute Gasteiger partial charge is 0.494 e. The van der Waals surface area contributed by atoms with Crippen molar-refractivity contribution in [1.29, 1.82) is 0 Å². The number of ether oxygens (including phenoxy) is 1. The lowest BCUT2D eigenvalue weighted by molar-refractivity contribution is -0.170. The number of rotatable bonds is 10.